The average molecular weight is 387 g/mol. The van der Waals surface area contributed by atoms with Crippen LogP contribution in [0.3, 0.4) is 0 Å². The Hall–Kier alpha value is -2.43. The molecule has 1 heterocycles. The lowest BCUT2D eigenvalue weighted by molar-refractivity contribution is 0.0993. The third kappa shape index (κ3) is 5.78. The summed E-state index contributed by atoms with van der Waals surface area (Å²) in [6.45, 7) is 2.51. The second-order valence-corrected chi connectivity index (χ2v) is 7.27. The lowest BCUT2D eigenvalue weighted by atomic mass is 9.90. The van der Waals surface area contributed by atoms with Gasteiger partial charge in [-0.3, -0.25) is 0 Å². The van der Waals surface area contributed by atoms with Crippen molar-refractivity contribution in [2.75, 3.05) is 32.8 Å². The summed E-state index contributed by atoms with van der Waals surface area (Å²) in [5.74, 6) is 3.78. The van der Waals surface area contributed by atoms with E-state index >= 15 is 0 Å². The fraction of sp³-hybridized carbons (Fsp3) is 0.571. The van der Waals surface area contributed by atoms with E-state index in [1.165, 1.54) is 0 Å². The monoisotopic (exact) mass is 387 g/mol. The standard InChI is InChI=1S/C21H29N3O4/c1-2-13-27-19-7-9-20(10-8-19)28-15-18(25)14-23-16-3-5-17(6-4-16)24-12-11-22-21(24)26/h1,7-10,16-18,23,25H,3-6,11-15H2,(H,22,26). The van der Waals surface area contributed by atoms with E-state index < -0.39 is 6.10 Å². The maximum absolute atomic E-state index is 11.8. The first kappa shape index (κ1) is 20.3. The zero-order valence-corrected chi connectivity index (χ0v) is 16.1. The highest BCUT2D eigenvalue weighted by Crippen LogP contribution is 2.24. The number of carbonyl (C=O) groups is 1. The van der Waals surface area contributed by atoms with Crippen molar-refractivity contribution in [2.45, 2.75) is 43.9 Å². The Bertz CT molecular complexity index is 665. The number of benzene rings is 1. The SMILES string of the molecule is C#CCOc1ccc(OCC(O)CNC2CCC(N3CCNC3=O)CC2)cc1. The Labute approximate surface area is 166 Å². The van der Waals surface area contributed by atoms with Gasteiger partial charge in [-0.1, -0.05) is 5.92 Å². The maximum atomic E-state index is 11.8. The smallest absolute Gasteiger partial charge is 0.317 e. The zero-order valence-electron chi connectivity index (χ0n) is 16.1. The molecule has 3 N–H and O–H groups in total. The van der Waals surface area contributed by atoms with Gasteiger partial charge in [0.25, 0.3) is 0 Å². The van der Waals surface area contributed by atoms with Gasteiger partial charge in [-0.15, -0.1) is 6.42 Å². The normalized spacial score (nSPS) is 23.0. The highest BCUT2D eigenvalue weighted by atomic mass is 16.5. The van der Waals surface area contributed by atoms with Gasteiger partial charge in [0.15, 0.2) is 0 Å². The van der Waals surface area contributed by atoms with Gasteiger partial charge >= 0.3 is 6.03 Å². The molecule has 1 aliphatic heterocycles. The van der Waals surface area contributed by atoms with Gasteiger partial charge in [0.05, 0.1) is 0 Å². The predicted molar refractivity (Wildman–Crippen MR) is 106 cm³/mol. The van der Waals surface area contributed by atoms with Crippen LogP contribution in [0.4, 0.5) is 4.79 Å². The first-order chi connectivity index (χ1) is 13.7. The Morgan fingerprint density at radius 2 is 1.89 bits per heavy atom. The fourth-order valence-corrected chi connectivity index (χ4v) is 3.74. The van der Waals surface area contributed by atoms with Crippen LogP contribution in [0.5, 0.6) is 11.5 Å². The average Bonchev–Trinajstić information content (AvgIpc) is 3.16. The molecule has 0 spiro atoms. The molecule has 0 aromatic heterocycles. The number of nitrogens with one attached hydrogen (secondary N) is 2. The molecule has 7 heteroatoms. The molecule has 1 aromatic carbocycles. The van der Waals surface area contributed by atoms with Crippen LogP contribution in [-0.4, -0.2) is 67.1 Å². The molecule has 2 aliphatic rings. The molecule has 0 bridgehead atoms. The molecule has 3 rings (SSSR count). The van der Waals surface area contributed by atoms with Crippen molar-refractivity contribution in [1.82, 2.24) is 15.5 Å². The van der Waals surface area contributed by atoms with Crippen molar-refractivity contribution >= 4 is 6.03 Å². The van der Waals surface area contributed by atoms with Crippen LogP contribution >= 0.6 is 0 Å². The van der Waals surface area contributed by atoms with Crippen molar-refractivity contribution in [3.63, 3.8) is 0 Å². The predicted octanol–water partition coefficient (Wildman–Crippen LogP) is 1.36. The summed E-state index contributed by atoms with van der Waals surface area (Å²) in [5, 5.41) is 16.5. The van der Waals surface area contributed by atoms with Crippen molar-refractivity contribution in [2.24, 2.45) is 0 Å². The van der Waals surface area contributed by atoms with E-state index in [0.29, 0.717) is 30.1 Å². The second-order valence-electron chi connectivity index (χ2n) is 7.27. The Kier molecular flexibility index (Phi) is 7.40. The van der Waals surface area contributed by atoms with E-state index in [4.69, 9.17) is 15.9 Å². The van der Waals surface area contributed by atoms with E-state index in [-0.39, 0.29) is 19.2 Å². The quantitative estimate of drug-likeness (QED) is 0.558. The number of ether oxygens (including phenoxy) is 2. The Balaban J connectivity index is 1.31. The van der Waals surface area contributed by atoms with Crippen LogP contribution in [0, 0.1) is 12.3 Å². The van der Waals surface area contributed by atoms with E-state index in [1.807, 2.05) is 4.90 Å². The fourth-order valence-electron chi connectivity index (χ4n) is 3.74. The highest BCUT2D eigenvalue weighted by molar-refractivity contribution is 5.76. The van der Waals surface area contributed by atoms with Crippen LogP contribution < -0.4 is 20.1 Å². The highest BCUT2D eigenvalue weighted by Gasteiger charge is 2.31. The lowest BCUT2D eigenvalue weighted by Gasteiger charge is -2.34. The molecule has 1 saturated heterocycles. The first-order valence-electron chi connectivity index (χ1n) is 9.90. The molecule has 1 saturated carbocycles. The Morgan fingerprint density at radius 1 is 1.21 bits per heavy atom. The van der Waals surface area contributed by atoms with Crippen molar-refractivity contribution in [3.05, 3.63) is 24.3 Å². The number of aliphatic hydroxyl groups is 1. The second kappa shape index (κ2) is 10.2. The van der Waals surface area contributed by atoms with Crippen LogP contribution in [0.15, 0.2) is 24.3 Å². The van der Waals surface area contributed by atoms with Crippen LogP contribution in [-0.2, 0) is 0 Å². The summed E-state index contributed by atoms with van der Waals surface area (Å²) in [4.78, 5) is 13.7. The van der Waals surface area contributed by atoms with Gasteiger partial charge in [0, 0.05) is 31.7 Å². The van der Waals surface area contributed by atoms with Crippen LogP contribution in [0.25, 0.3) is 0 Å². The molecule has 2 fully saturated rings. The minimum absolute atomic E-state index is 0.0691. The summed E-state index contributed by atoms with van der Waals surface area (Å²) in [6.07, 6.45) is 8.62. The number of carbonyl (C=O) groups excluding carboxylic acids is 1. The molecule has 1 aromatic rings. The van der Waals surface area contributed by atoms with E-state index in [9.17, 15) is 9.90 Å². The number of amides is 2. The molecule has 0 radical (unpaired) electrons. The van der Waals surface area contributed by atoms with Crippen LogP contribution in [0.1, 0.15) is 25.7 Å². The summed E-state index contributed by atoms with van der Waals surface area (Å²) in [5.41, 5.74) is 0. The van der Waals surface area contributed by atoms with Gasteiger partial charge < -0.3 is 30.1 Å². The first-order valence-corrected chi connectivity index (χ1v) is 9.90. The van der Waals surface area contributed by atoms with Crippen molar-refractivity contribution in [3.8, 4) is 23.8 Å². The number of hydrogen-bond acceptors (Lipinski definition) is 5. The third-order valence-electron chi connectivity index (χ3n) is 5.26. The number of rotatable bonds is 9. The van der Waals surface area contributed by atoms with Gasteiger partial charge in [0.1, 0.15) is 30.8 Å². The molecular weight excluding hydrogens is 358 g/mol. The molecule has 1 unspecified atom stereocenters. The molecule has 1 atom stereocenters. The summed E-state index contributed by atoms with van der Waals surface area (Å²) >= 11 is 0. The van der Waals surface area contributed by atoms with Gasteiger partial charge in [-0.25, -0.2) is 4.79 Å². The number of urea groups is 1. The van der Waals surface area contributed by atoms with Gasteiger partial charge in [-0.05, 0) is 49.9 Å². The molecule has 1 aliphatic carbocycles. The molecular formula is C21H29N3O4. The largest absolute Gasteiger partial charge is 0.491 e. The number of terminal acetylenes is 1. The number of hydrogen-bond donors (Lipinski definition) is 3. The zero-order chi connectivity index (χ0) is 19.8. The number of nitrogens with zero attached hydrogens (tertiary/aromatic N) is 1. The molecule has 2 amide bonds. The summed E-state index contributed by atoms with van der Waals surface area (Å²) in [6, 6.07) is 7.96. The minimum atomic E-state index is -0.584. The van der Waals surface area contributed by atoms with E-state index in [2.05, 4.69) is 16.6 Å². The van der Waals surface area contributed by atoms with Crippen molar-refractivity contribution in [1.29, 1.82) is 0 Å². The molecule has 152 valence electrons. The summed E-state index contributed by atoms with van der Waals surface area (Å²) < 4.78 is 10.9. The van der Waals surface area contributed by atoms with E-state index in [0.717, 1.165) is 38.8 Å². The van der Waals surface area contributed by atoms with Crippen LogP contribution in [0.2, 0.25) is 0 Å². The van der Waals surface area contributed by atoms with Crippen molar-refractivity contribution < 1.29 is 19.4 Å². The summed E-state index contributed by atoms with van der Waals surface area (Å²) in [7, 11) is 0. The third-order valence-corrected chi connectivity index (χ3v) is 5.26. The lowest BCUT2D eigenvalue weighted by Crippen LogP contribution is -2.45. The topological polar surface area (TPSA) is 83.1 Å². The van der Waals surface area contributed by atoms with E-state index in [1.54, 1.807) is 24.3 Å². The van der Waals surface area contributed by atoms with Gasteiger partial charge in [-0.2, -0.15) is 0 Å². The minimum Gasteiger partial charge on any atom is -0.491 e. The molecule has 7 nitrogen and oxygen atoms in total. The van der Waals surface area contributed by atoms with Gasteiger partial charge in [0.2, 0.25) is 0 Å². The Morgan fingerprint density at radius 3 is 2.50 bits per heavy atom. The number of aliphatic hydroxyl groups excluding tert-OH is 1. The maximum Gasteiger partial charge on any atom is 0.317 e. The molecule has 28 heavy (non-hydrogen) atoms.